The van der Waals surface area contributed by atoms with Crippen LogP contribution in [-0.2, 0) is 4.74 Å². The van der Waals surface area contributed by atoms with Gasteiger partial charge in [-0.15, -0.1) is 11.3 Å². The second-order valence-corrected chi connectivity index (χ2v) is 6.36. The van der Waals surface area contributed by atoms with E-state index in [1.165, 1.54) is 0 Å². The molecular formula is C12H17BrO2S. The summed E-state index contributed by atoms with van der Waals surface area (Å²) in [7, 11) is 0. The Morgan fingerprint density at radius 3 is 2.50 bits per heavy atom. The van der Waals surface area contributed by atoms with Crippen LogP contribution in [0.3, 0.4) is 0 Å². The molecule has 0 spiro atoms. The molecule has 2 nitrogen and oxygen atoms in total. The van der Waals surface area contributed by atoms with Crippen LogP contribution >= 0.6 is 27.3 Å². The quantitative estimate of drug-likeness (QED) is 0.904. The van der Waals surface area contributed by atoms with Crippen LogP contribution in [0.25, 0.3) is 0 Å². The van der Waals surface area contributed by atoms with E-state index in [2.05, 4.69) is 36.7 Å². The first-order valence-corrected chi connectivity index (χ1v) is 7.26. The fourth-order valence-electron chi connectivity index (χ4n) is 2.53. The largest absolute Gasteiger partial charge is 0.387 e. The average molecular weight is 305 g/mol. The van der Waals surface area contributed by atoms with Crippen molar-refractivity contribution in [2.75, 3.05) is 0 Å². The van der Waals surface area contributed by atoms with E-state index < -0.39 is 6.10 Å². The van der Waals surface area contributed by atoms with Gasteiger partial charge in [-0.25, -0.2) is 0 Å². The van der Waals surface area contributed by atoms with Crippen molar-refractivity contribution in [2.45, 2.75) is 39.1 Å². The Kier molecular flexibility index (Phi) is 3.74. The van der Waals surface area contributed by atoms with Crippen molar-refractivity contribution in [1.82, 2.24) is 0 Å². The Morgan fingerprint density at radius 2 is 2.06 bits per heavy atom. The number of aliphatic hydroxyl groups excluding tert-OH is 1. The molecule has 90 valence electrons. The average Bonchev–Trinajstić information content (AvgIpc) is 2.73. The monoisotopic (exact) mass is 304 g/mol. The highest BCUT2D eigenvalue weighted by Crippen LogP contribution is 2.43. The second-order valence-electron chi connectivity index (χ2n) is 4.56. The number of ether oxygens (including phenoxy) is 1. The summed E-state index contributed by atoms with van der Waals surface area (Å²) in [6, 6.07) is 1.98. The third-order valence-corrected chi connectivity index (χ3v) is 5.54. The zero-order valence-electron chi connectivity index (χ0n) is 9.68. The number of halogens is 1. The van der Waals surface area contributed by atoms with Crippen LogP contribution in [0.1, 0.15) is 31.8 Å². The van der Waals surface area contributed by atoms with Gasteiger partial charge in [0.15, 0.2) is 0 Å². The molecule has 0 saturated carbocycles. The summed E-state index contributed by atoms with van der Waals surface area (Å²) in [5.74, 6) is 0.573. The normalized spacial score (nSPS) is 36.6. The molecule has 1 aliphatic heterocycles. The number of thiophene rings is 1. The Bertz CT molecular complexity index is 366. The number of hydrogen-bond donors (Lipinski definition) is 1. The van der Waals surface area contributed by atoms with Crippen molar-refractivity contribution in [3.05, 3.63) is 20.8 Å². The Balaban J connectivity index is 2.22. The molecule has 1 saturated heterocycles. The summed E-state index contributed by atoms with van der Waals surface area (Å²) in [6.45, 7) is 6.29. The van der Waals surface area contributed by atoms with E-state index >= 15 is 0 Å². The maximum atomic E-state index is 10.4. The maximum Gasteiger partial charge on any atom is 0.0949 e. The van der Waals surface area contributed by atoms with Crippen LogP contribution in [0, 0.1) is 11.8 Å². The van der Waals surface area contributed by atoms with Crippen molar-refractivity contribution in [1.29, 1.82) is 0 Å². The molecule has 0 radical (unpaired) electrons. The molecular weight excluding hydrogens is 288 g/mol. The summed E-state index contributed by atoms with van der Waals surface area (Å²) < 4.78 is 6.78. The van der Waals surface area contributed by atoms with Gasteiger partial charge < -0.3 is 9.84 Å². The molecule has 2 rings (SSSR count). The van der Waals surface area contributed by atoms with Gasteiger partial charge in [-0.1, -0.05) is 6.92 Å². The highest BCUT2D eigenvalue weighted by Gasteiger charge is 2.42. The van der Waals surface area contributed by atoms with Crippen molar-refractivity contribution >= 4 is 27.3 Å². The van der Waals surface area contributed by atoms with Gasteiger partial charge in [0.05, 0.1) is 18.3 Å². The van der Waals surface area contributed by atoms with Gasteiger partial charge in [0, 0.05) is 15.3 Å². The van der Waals surface area contributed by atoms with E-state index in [9.17, 15) is 5.11 Å². The van der Waals surface area contributed by atoms with Gasteiger partial charge in [-0.3, -0.25) is 0 Å². The summed E-state index contributed by atoms with van der Waals surface area (Å²) in [6.07, 6.45) is -0.0771. The van der Waals surface area contributed by atoms with Crippen LogP contribution in [-0.4, -0.2) is 17.3 Å². The van der Waals surface area contributed by atoms with E-state index in [0.29, 0.717) is 5.92 Å². The minimum Gasteiger partial charge on any atom is -0.387 e. The Morgan fingerprint density at radius 1 is 1.38 bits per heavy atom. The first-order chi connectivity index (χ1) is 7.52. The molecule has 1 aliphatic rings. The fraction of sp³-hybridized carbons (Fsp3) is 0.667. The maximum absolute atomic E-state index is 10.4. The van der Waals surface area contributed by atoms with Crippen LogP contribution < -0.4 is 0 Å². The zero-order valence-corrected chi connectivity index (χ0v) is 12.1. The van der Waals surface area contributed by atoms with E-state index in [-0.39, 0.29) is 18.1 Å². The highest BCUT2D eigenvalue weighted by molar-refractivity contribution is 9.10. The van der Waals surface area contributed by atoms with Crippen LogP contribution in [0.2, 0.25) is 0 Å². The molecule has 0 aliphatic carbocycles. The van der Waals surface area contributed by atoms with E-state index in [1.807, 2.05) is 11.4 Å². The van der Waals surface area contributed by atoms with Crippen molar-refractivity contribution in [3.63, 3.8) is 0 Å². The predicted molar refractivity (Wildman–Crippen MR) is 69.6 cm³/mol. The molecule has 0 bridgehead atoms. The van der Waals surface area contributed by atoms with Crippen molar-refractivity contribution in [2.24, 2.45) is 11.8 Å². The lowest BCUT2D eigenvalue weighted by Gasteiger charge is -2.24. The molecule has 4 heteroatoms. The standard InChI is InChI=1S/C12H17BrO2S/c1-6-7(2)15-8(3)10(6)11(14)12-9(13)4-5-16-12/h4-8,10-11,14H,1-3H3. The highest BCUT2D eigenvalue weighted by atomic mass is 79.9. The zero-order chi connectivity index (χ0) is 11.9. The summed E-state index contributed by atoms with van der Waals surface area (Å²) >= 11 is 5.08. The summed E-state index contributed by atoms with van der Waals surface area (Å²) in [5.41, 5.74) is 0. The third kappa shape index (κ3) is 2.08. The fourth-order valence-corrected chi connectivity index (χ4v) is 4.18. The van der Waals surface area contributed by atoms with Crippen LogP contribution in [0.5, 0.6) is 0 Å². The van der Waals surface area contributed by atoms with Crippen molar-refractivity contribution in [3.8, 4) is 0 Å². The minimum absolute atomic E-state index is 0.119. The van der Waals surface area contributed by atoms with Crippen LogP contribution in [0.4, 0.5) is 0 Å². The minimum atomic E-state index is -0.427. The first kappa shape index (κ1) is 12.6. The molecule has 1 N–H and O–H groups in total. The molecule has 16 heavy (non-hydrogen) atoms. The lowest BCUT2D eigenvalue weighted by Crippen LogP contribution is -2.24. The Hall–Kier alpha value is 0.100. The topological polar surface area (TPSA) is 29.5 Å². The predicted octanol–water partition coefficient (Wildman–Crippen LogP) is 3.60. The Labute approximate surface area is 109 Å². The number of aliphatic hydroxyl groups is 1. The molecule has 5 atom stereocenters. The first-order valence-electron chi connectivity index (χ1n) is 5.58. The summed E-state index contributed by atoms with van der Waals surface area (Å²) in [5, 5.41) is 12.4. The number of hydrogen-bond acceptors (Lipinski definition) is 3. The van der Waals surface area contributed by atoms with E-state index in [0.717, 1.165) is 9.35 Å². The van der Waals surface area contributed by atoms with Gasteiger partial charge in [-0.2, -0.15) is 0 Å². The lowest BCUT2D eigenvalue weighted by molar-refractivity contribution is 0.0240. The van der Waals surface area contributed by atoms with Gasteiger partial charge in [0.2, 0.25) is 0 Å². The van der Waals surface area contributed by atoms with E-state index in [1.54, 1.807) is 11.3 Å². The summed E-state index contributed by atoms with van der Waals surface area (Å²) in [4.78, 5) is 1.02. The van der Waals surface area contributed by atoms with E-state index in [4.69, 9.17) is 4.74 Å². The molecule has 1 aromatic rings. The van der Waals surface area contributed by atoms with Crippen LogP contribution in [0.15, 0.2) is 15.9 Å². The van der Waals surface area contributed by atoms with Gasteiger partial charge in [-0.05, 0) is 47.1 Å². The third-order valence-electron chi connectivity index (χ3n) is 3.60. The van der Waals surface area contributed by atoms with Gasteiger partial charge >= 0.3 is 0 Å². The smallest absolute Gasteiger partial charge is 0.0949 e. The second kappa shape index (κ2) is 4.77. The molecule has 0 amide bonds. The molecule has 2 heterocycles. The van der Waals surface area contributed by atoms with Crippen molar-refractivity contribution < 1.29 is 9.84 Å². The van der Waals surface area contributed by atoms with Gasteiger partial charge in [0.25, 0.3) is 0 Å². The molecule has 0 aromatic carbocycles. The molecule has 1 fully saturated rings. The SMILES string of the molecule is CC1OC(C)C(C(O)c2sccc2Br)C1C. The van der Waals surface area contributed by atoms with Gasteiger partial charge in [0.1, 0.15) is 0 Å². The molecule has 1 aromatic heterocycles. The number of rotatable bonds is 2. The molecule has 5 unspecified atom stereocenters. The lowest BCUT2D eigenvalue weighted by atomic mass is 9.84.